The SMILES string of the molecule is CC[C@H]1CCc2sc(C(=O)NNS(=O)(=O)c3ccc(F)c(F)c3F)cc2C1. The Balaban J connectivity index is 1.72. The molecule has 0 saturated heterocycles. The molecular formula is C17H17F3N2O3S2. The summed E-state index contributed by atoms with van der Waals surface area (Å²) in [6.45, 7) is 2.11. The number of sulfonamides is 1. The molecule has 0 unspecified atom stereocenters. The van der Waals surface area contributed by atoms with E-state index in [0.717, 1.165) is 36.1 Å². The minimum Gasteiger partial charge on any atom is -0.273 e. The van der Waals surface area contributed by atoms with Gasteiger partial charge < -0.3 is 0 Å². The summed E-state index contributed by atoms with van der Waals surface area (Å²) in [4.78, 5) is 14.3. The van der Waals surface area contributed by atoms with Crippen molar-refractivity contribution in [1.82, 2.24) is 10.3 Å². The zero-order valence-electron chi connectivity index (χ0n) is 14.3. The molecule has 1 aromatic heterocycles. The summed E-state index contributed by atoms with van der Waals surface area (Å²) in [5, 5.41) is 0. The van der Waals surface area contributed by atoms with Gasteiger partial charge in [-0.15, -0.1) is 16.2 Å². The molecule has 0 saturated carbocycles. The van der Waals surface area contributed by atoms with Gasteiger partial charge in [0.1, 0.15) is 4.90 Å². The quantitative estimate of drug-likeness (QED) is 0.578. The maximum absolute atomic E-state index is 13.7. The number of hydrogen-bond donors (Lipinski definition) is 2. The minimum absolute atomic E-state index is 0.324. The van der Waals surface area contributed by atoms with E-state index in [2.05, 4.69) is 6.92 Å². The lowest BCUT2D eigenvalue weighted by atomic mass is 9.87. The first-order valence-electron chi connectivity index (χ1n) is 8.30. The van der Waals surface area contributed by atoms with Crippen LogP contribution in [0, 0.1) is 23.4 Å². The van der Waals surface area contributed by atoms with Crippen molar-refractivity contribution >= 4 is 27.3 Å². The van der Waals surface area contributed by atoms with Crippen molar-refractivity contribution in [3.05, 3.63) is 51.0 Å². The first kappa shape index (κ1) is 19.8. The van der Waals surface area contributed by atoms with E-state index in [1.54, 1.807) is 10.9 Å². The van der Waals surface area contributed by atoms with E-state index >= 15 is 0 Å². The summed E-state index contributed by atoms with van der Waals surface area (Å²) in [5.74, 6) is -5.40. The zero-order valence-corrected chi connectivity index (χ0v) is 15.9. The van der Waals surface area contributed by atoms with Gasteiger partial charge in [0.15, 0.2) is 17.5 Å². The molecule has 27 heavy (non-hydrogen) atoms. The summed E-state index contributed by atoms with van der Waals surface area (Å²) in [6, 6.07) is 2.80. The summed E-state index contributed by atoms with van der Waals surface area (Å²) in [7, 11) is -4.61. The molecule has 2 N–H and O–H groups in total. The second kappa shape index (κ2) is 7.61. The van der Waals surface area contributed by atoms with Gasteiger partial charge in [0.2, 0.25) is 0 Å². The standard InChI is InChI=1S/C17H17F3N2O3S2/c1-2-9-3-5-12-10(7-9)8-13(26-12)17(23)21-22-27(24,25)14-6-4-11(18)15(19)16(14)20/h4,6,8-9,22H,2-3,5,7H2,1H3,(H,21,23)/t9-/m0/s1. The number of nitrogens with one attached hydrogen (secondary N) is 2. The zero-order chi connectivity index (χ0) is 19.8. The number of rotatable bonds is 5. The van der Waals surface area contributed by atoms with Crippen LogP contribution in [0.4, 0.5) is 13.2 Å². The molecule has 0 aliphatic heterocycles. The van der Waals surface area contributed by atoms with E-state index in [9.17, 15) is 26.4 Å². The van der Waals surface area contributed by atoms with Crippen LogP contribution in [0.15, 0.2) is 23.1 Å². The van der Waals surface area contributed by atoms with Crippen LogP contribution in [-0.2, 0) is 22.9 Å². The topological polar surface area (TPSA) is 75.3 Å². The van der Waals surface area contributed by atoms with Crippen LogP contribution in [0.25, 0.3) is 0 Å². The first-order chi connectivity index (χ1) is 12.7. The molecule has 2 aromatic rings. The fourth-order valence-corrected chi connectivity index (χ4v) is 5.02. The van der Waals surface area contributed by atoms with Gasteiger partial charge in [-0.1, -0.05) is 13.3 Å². The van der Waals surface area contributed by atoms with E-state index in [-0.39, 0.29) is 0 Å². The van der Waals surface area contributed by atoms with Crippen LogP contribution in [0.1, 0.15) is 39.9 Å². The predicted molar refractivity (Wildman–Crippen MR) is 94.2 cm³/mol. The van der Waals surface area contributed by atoms with Crippen LogP contribution >= 0.6 is 11.3 Å². The van der Waals surface area contributed by atoms with Crippen molar-refractivity contribution in [2.45, 2.75) is 37.5 Å². The number of aryl methyl sites for hydroxylation is 1. The summed E-state index contributed by atoms with van der Waals surface area (Å²) >= 11 is 1.28. The molecule has 1 atom stereocenters. The van der Waals surface area contributed by atoms with Gasteiger partial charge in [-0.05, 0) is 48.9 Å². The Labute approximate surface area is 158 Å². The van der Waals surface area contributed by atoms with Gasteiger partial charge in [0.05, 0.1) is 4.88 Å². The number of hydrogen-bond acceptors (Lipinski definition) is 4. The fraction of sp³-hybridized carbons (Fsp3) is 0.353. The second-order valence-electron chi connectivity index (χ2n) is 6.31. The molecule has 0 bridgehead atoms. The van der Waals surface area contributed by atoms with Crippen molar-refractivity contribution in [2.24, 2.45) is 5.92 Å². The molecule has 0 fully saturated rings. The van der Waals surface area contributed by atoms with Crippen molar-refractivity contribution in [3.63, 3.8) is 0 Å². The number of carbonyl (C=O) groups is 1. The third kappa shape index (κ3) is 4.02. The first-order valence-corrected chi connectivity index (χ1v) is 10.6. The Kier molecular flexibility index (Phi) is 5.59. The highest BCUT2D eigenvalue weighted by atomic mass is 32.2. The van der Waals surface area contributed by atoms with Crippen molar-refractivity contribution in [1.29, 1.82) is 0 Å². The van der Waals surface area contributed by atoms with E-state index in [1.807, 2.05) is 5.43 Å². The molecule has 1 amide bonds. The van der Waals surface area contributed by atoms with E-state index < -0.39 is 38.3 Å². The lowest BCUT2D eigenvalue weighted by Gasteiger charge is -2.19. The smallest absolute Gasteiger partial charge is 0.273 e. The minimum atomic E-state index is -4.61. The van der Waals surface area contributed by atoms with E-state index in [0.29, 0.717) is 22.9 Å². The Morgan fingerprint density at radius 3 is 2.70 bits per heavy atom. The molecule has 10 heteroatoms. The Hall–Kier alpha value is -1.91. The van der Waals surface area contributed by atoms with Gasteiger partial charge in [0.25, 0.3) is 15.9 Å². The Morgan fingerprint density at radius 1 is 1.26 bits per heavy atom. The van der Waals surface area contributed by atoms with E-state index in [4.69, 9.17) is 0 Å². The van der Waals surface area contributed by atoms with Crippen molar-refractivity contribution in [2.75, 3.05) is 0 Å². The van der Waals surface area contributed by atoms with Crippen molar-refractivity contribution < 1.29 is 26.4 Å². The number of hydrazine groups is 1. The summed E-state index contributed by atoms with van der Waals surface area (Å²) in [6.07, 6.45) is 3.85. The molecule has 146 valence electrons. The van der Waals surface area contributed by atoms with Gasteiger partial charge in [-0.2, -0.15) is 0 Å². The lowest BCUT2D eigenvalue weighted by molar-refractivity contribution is 0.0949. The monoisotopic (exact) mass is 418 g/mol. The summed E-state index contributed by atoms with van der Waals surface area (Å²) < 4.78 is 64.0. The van der Waals surface area contributed by atoms with Gasteiger partial charge >= 0.3 is 0 Å². The van der Waals surface area contributed by atoms with Crippen LogP contribution < -0.4 is 10.3 Å². The van der Waals surface area contributed by atoms with Crippen molar-refractivity contribution in [3.8, 4) is 0 Å². The molecular weight excluding hydrogens is 401 g/mol. The third-order valence-electron chi connectivity index (χ3n) is 4.57. The average Bonchev–Trinajstić information content (AvgIpc) is 3.07. The average molecular weight is 418 g/mol. The number of carbonyl (C=O) groups excluding carboxylic acids is 1. The second-order valence-corrected chi connectivity index (χ2v) is 9.10. The van der Waals surface area contributed by atoms with Crippen LogP contribution in [-0.4, -0.2) is 14.3 Å². The normalized spacial score (nSPS) is 16.8. The van der Waals surface area contributed by atoms with Crippen LogP contribution in [0.5, 0.6) is 0 Å². The number of amides is 1. The molecule has 5 nitrogen and oxygen atoms in total. The number of thiophene rings is 1. The molecule has 1 heterocycles. The van der Waals surface area contributed by atoms with Gasteiger partial charge in [0, 0.05) is 4.88 Å². The molecule has 1 aliphatic carbocycles. The number of halogens is 3. The largest absolute Gasteiger partial charge is 0.276 e. The van der Waals surface area contributed by atoms with E-state index in [1.165, 1.54) is 11.3 Å². The Morgan fingerprint density at radius 2 is 2.00 bits per heavy atom. The maximum atomic E-state index is 13.7. The maximum Gasteiger partial charge on any atom is 0.276 e. The molecule has 0 radical (unpaired) electrons. The molecule has 0 spiro atoms. The molecule has 3 rings (SSSR count). The molecule has 1 aliphatic rings. The number of benzene rings is 1. The van der Waals surface area contributed by atoms with Gasteiger partial charge in [-0.3, -0.25) is 10.2 Å². The fourth-order valence-electron chi connectivity index (χ4n) is 3.01. The number of fused-ring (bicyclic) bond motifs is 1. The highest BCUT2D eigenvalue weighted by molar-refractivity contribution is 7.89. The predicted octanol–water partition coefficient (Wildman–Crippen LogP) is 3.30. The third-order valence-corrected chi connectivity index (χ3v) is 7.08. The Bertz CT molecular complexity index is 990. The highest BCUT2D eigenvalue weighted by Crippen LogP contribution is 2.33. The van der Waals surface area contributed by atoms with Crippen LogP contribution in [0.2, 0.25) is 0 Å². The summed E-state index contributed by atoms with van der Waals surface area (Å²) in [5.41, 5.74) is 3.07. The highest BCUT2D eigenvalue weighted by Gasteiger charge is 2.26. The van der Waals surface area contributed by atoms with Gasteiger partial charge in [-0.25, -0.2) is 21.6 Å². The molecule has 1 aromatic carbocycles. The lowest BCUT2D eigenvalue weighted by Crippen LogP contribution is -2.41. The van der Waals surface area contributed by atoms with Crippen LogP contribution in [0.3, 0.4) is 0 Å².